The molecule has 1 heterocycles. The zero-order chi connectivity index (χ0) is 13.7. The van der Waals surface area contributed by atoms with E-state index >= 15 is 0 Å². The van der Waals surface area contributed by atoms with Crippen molar-refractivity contribution in [1.82, 2.24) is 10.2 Å². The van der Waals surface area contributed by atoms with Crippen LogP contribution in [0.2, 0.25) is 0 Å². The Hall–Kier alpha value is -0.360. The summed E-state index contributed by atoms with van der Waals surface area (Å²) in [5.74, 6) is 0.293. The lowest BCUT2D eigenvalue weighted by molar-refractivity contribution is 0.165. The maximum atomic E-state index is 13.2. The Bertz CT molecular complexity index is 396. The van der Waals surface area contributed by atoms with E-state index in [1.54, 1.807) is 6.07 Å². The summed E-state index contributed by atoms with van der Waals surface area (Å²) >= 11 is 3.26. The van der Waals surface area contributed by atoms with Crippen molar-refractivity contribution in [3.63, 3.8) is 0 Å². The number of nitrogens with zero attached hydrogens (tertiary/aromatic N) is 1. The van der Waals surface area contributed by atoms with Crippen LogP contribution in [0.25, 0.3) is 0 Å². The number of piperidine rings is 1. The highest BCUT2D eigenvalue weighted by molar-refractivity contribution is 9.10. The first-order chi connectivity index (χ1) is 9.15. The molecule has 1 aliphatic rings. The summed E-state index contributed by atoms with van der Waals surface area (Å²) in [5.41, 5.74) is 0. The third-order valence-electron chi connectivity index (χ3n) is 3.48. The molecular formula is C14H21BrClFN2O. The predicted molar refractivity (Wildman–Crippen MR) is 85.4 cm³/mol. The Balaban J connectivity index is 0.00000200. The van der Waals surface area contributed by atoms with Crippen molar-refractivity contribution in [2.45, 2.75) is 18.9 Å². The van der Waals surface area contributed by atoms with Gasteiger partial charge in [0.05, 0.1) is 0 Å². The minimum absolute atomic E-state index is 0. The average molecular weight is 368 g/mol. The quantitative estimate of drug-likeness (QED) is 0.865. The third-order valence-corrected chi connectivity index (χ3v) is 3.94. The Kier molecular flexibility index (Phi) is 7.80. The van der Waals surface area contributed by atoms with Gasteiger partial charge in [0.25, 0.3) is 0 Å². The molecule has 3 nitrogen and oxygen atoms in total. The minimum Gasteiger partial charge on any atom is -0.492 e. The Morgan fingerprint density at radius 1 is 1.35 bits per heavy atom. The van der Waals surface area contributed by atoms with Gasteiger partial charge in [0.1, 0.15) is 18.2 Å². The van der Waals surface area contributed by atoms with Gasteiger partial charge in [-0.05, 0) is 45.1 Å². The normalized spacial score (nSPS) is 16.0. The Morgan fingerprint density at radius 3 is 2.70 bits per heavy atom. The smallest absolute Gasteiger partial charge is 0.128 e. The number of nitrogens with one attached hydrogen (secondary N) is 1. The number of rotatable bonds is 5. The molecule has 1 aliphatic heterocycles. The summed E-state index contributed by atoms with van der Waals surface area (Å²) in [7, 11) is 2.13. The fourth-order valence-corrected chi connectivity index (χ4v) is 2.79. The molecule has 2 rings (SSSR count). The molecule has 1 aromatic rings. The highest BCUT2D eigenvalue weighted by atomic mass is 79.9. The molecular weight excluding hydrogens is 347 g/mol. The standard InChI is InChI=1S/C14H20BrFN2O.ClH/c1-18(13-2-4-17-5-3-13)6-7-19-14-9-11(15)8-12(16)10-14;/h8-10,13,17H,2-7H2,1H3;1H. The molecule has 0 aliphatic carbocycles. The topological polar surface area (TPSA) is 24.5 Å². The molecule has 0 unspecified atom stereocenters. The molecule has 1 fully saturated rings. The molecule has 0 spiro atoms. The number of hydrogen-bond acceptors (Lipinski definition) is 3. The predicted octanol–water partition coefficient (Wildman–Crippen LogP) is 3.07. The first kappa shape index (κ1) is 17.7. The van der Waals surface area contributed by atoms with Crippen LogP contribution in [0, 0.1) is 5.82 Å². The van der Waals surface area contributed by atoms with E-state index in [1.807, 2.05) is 0 Å². The third kappa shape index (κ3) is 5.56. The molecule has 1 N–H and O–H groups in total. The molecule has 0 bridgehead atoms. The van der Waals surface area contributed by atoms with Crippen LogP contribution in [0.5, 0.6) is 5.75 Å². The summed E-state index contributed by atoms with van der Waals surface area (Å²) in [6, 6.07) is 5.25. The van der Waals surface area contributed by atoms with Gasteiger partial charge >= 0.3 is 0 Å². The van der Waals surface area contributed by atoms with Crippen molar-refractivity contribution in [3.05, 3.63) is 28.5 Å². The molecule has 0 radical (unpaired) electrons. The van der Waals surface area contributed by atoms with Crippen molar-refractivity contribution in [2.24, 2.45) is 0 Å². The van der Waals surface area contributed by atoms with E-state index in [2.05, 4.69) is 33.2 Å². The molecule has 114 valence electrons. The zero-order valence-corrected chi connectivity index (χ0v) is 14.0. The average Bonchev–Trinajstić information content (AvgIpc) is 2.38. The summed E-state index contributed by atoms with van der Waals surface area (Å²) in [4.78, 5) is 2.33. The lowest BCUT2D eigenvalue weighted by Crippen LogP contribution is -2.42. The van der Waals surface area contributed by atoms with Gasteiger partial charge in [0.15, 0.2) is 0 Å². The zero-order valence-electron chi connectivity index (χ0n) is 11.6. The molecule has 1 aromatic carbocycles. The number of likely N-dealkylation sites (N-methyl/N-ethyl adjacent to an activating group) is 1. The van der Waals surface area contributed by atoms with E-state index in [4.69, 9.17) is 4.74 Å². The van der Waals surface area contributed by atoms with Gasteiger partial charge in [0, 0.05) is 23.1 Å². The molecule has 0 amide bonds. The maximum absolute atomic E-state index is 13.2. The highest BCUT2D eigenvalue weighted by Crippen LogP contribution is 2.20. The summed E-state index contributed by atoms with van der Waals surface area (Å²) in [6.07, 6.45) is 2.37. The number of ether oxygens (including phenoxy) is 1. The first-order valence-corrected chi connectivity index (χ1v) is 7.44. The van der Waals surface area contributed by atoms with Gasteiger partial charge in [-0.2, -0.15) is 0 Å². The van der Waals surface area contributed by atoms with Crippen LogP contribution in [-0.4, -0.2) is 44.2 Å². The Labute approximate surface area is 134 Å². The van der Waals surface area contributed by atoms with Crippen LogP contribution in [-0.2, 0) is 0 Å². The Morgan fingerprint density at radius 2 is 2.05 bits per heavy atom. The second-order valence-electron chi connectivity index (χ2n) is 4.92. The lowest BCUT2D eigenvalue weighted by Gasteiger charge is -2.31. The fraction of sp³-hybridized carbons (Fsp3) is 0.571. The van der Waals surface area contributed by atoms with Gasteiger partial charge in [-0.15, -0.1) is 12.4 Å². The molecule has 20 heavy (non-hydrogen) atoms. The SMILES string of the molecule is CN(CCOc1cc(F)cc(Br)c1)C1CCNCC1.Cl. The number of halogens is 3. The van der Waals surface area contributed by atoms with Gasteiger partial charge in [-0.25, -0.2) is 4.39 Å². The second kappa shape index (κ2) is 8.82. The summed E-state index contributed by atoms with van der Waals surface area (Å²) in [6.45, 7) is 3.62. The van der Waals surface area contributed by atoms with Crippen LogP contribution < -0.4 is 10.1 Å². The highest BCUT2D eigenvalue weighted by Gasteiger charge is 2.17. The van der Waals surface area contributed by atoms with Gasteiger partial charge in [-0.3, -0.25) is 4.90 Å². The van der Waals surface area contributed by atoms with Gasteiger partial charge in [0.2, 0.25) is 0 Å². The van der Waals surface area contributed by atoms with E-state index < -0.39 is 0 Å². The van der Waals surface area contributed by atoms with E-state index in [9.17, 15) is 4.39 Å². The summed E-state index contributed by atoms with van der Waals surface area (Å²) in [5, 5.41) is 3.36. The van der Waals surface area contributed by atoms with E-state index in [-0.39, 0.29) is 18.2 Å². The molecule has 6 heteroatoms. The lowest BCUT2D eigenvalue weighted by atomic mass is 10.1. The monoisotopic (exact) mass is 366 g/mol. The van der Waals surface area contributed by atoms with Crippen molar-refractivity contribution in [1.29, 1.82) is 0 Å². The van der Waals surface area contributed by atoms with Crippen molar-refractivity contribution >= 4 is 28.3 Å². The molecule has 0 atom stereocenters. The van der Waals surface area contributed by atoms with Gasteiger partial charge < -0.3 is 10.1 Å². The van der Waals surface area contributed by atoms with Crippen molar-refractivity contribution < 1.29 is 9.13 Å². The van der Waals surface area contributed by atoms with Crippen LogP contribution in [0.3, 0.4) is 0 Å². The van der Waals surface area contributed by atoms with Gasteiger partial charge in [-0.1, -0.05) is 15.9 Å². The van der Waals surface area contributed by atoms with Crippen molar-refractivity contribution in [3.8, 4) is 5.75 Å². The maximum Gasteiger partial charge on any atom is 0.128 e. The first-order valence-electron chi connectivity index (χ1n) is 6.65. The van der Waals surface area contributed by atoms with Crippen molar-refractivity contribution in [2.75, 3.05) is 33.3 Å². The van der Waals surface area contributed by atoms with E-state index in [1.165, 1.54) is 25.0 Å². The molecule has 1 saturated heterocycles. The summed E-state index contributed by atoms with van der Waals surface area (Å²) < 4.78 is 19.5. The van der Waals surface area contributed by atoms with E-state index in [0.717, 1.165) is 19.6 Å². The minimum atomic E-state index is -0.281. The second-order valence-corrected chi connectivity index (χ2v) is 5.83. The van der Waals surface area contributed by atoms with Crippen LogP contribution in [0.1, 0.15) is 12.8 Å². The van der Waals surface area contributed by atoms with Crippen LogP contribution in [0.4, 0.5) is 4.39 Å². The largest absolute Gasteiger partial charge is 0.492 e. The number of hydrogen-bond donors (Lipinski definition) is 1. The number of benzene rings is 1. The molecule has 0 aromatic heterocycles. The van der Waals surface area contributed by atoms with E-state index in [0.29, 0.717) is 22.9 Å². The van der Waals surface area contributed by atoms with Crippen LogP contribution in [0.15, 0.2) is 22.7 Å². The fourth-order valence-electron chi connectivity index (χ4n) is 2.35. The van der Waals surface area contributed by atoms with Crippen LogP contribution >= 0.6 is 28.3 Å². The molecule has 0 saturated carbocycles.